The number of Topliss-reactive ketones (excluding diaryl/α,β-unsaturated/α-hetero) is 1. The van der Waals surface area contributed by atoms with Crippen molar-refractivity contribution in [3.8, 4) is 0 Å². The van der Waals surface area contributed by atoms with E-state index in [-0.39, 0.29) is 24.5 Å². The van der Waals surface area contributed by atoms with Gasteiger partial charge in [-0.2, -0.15) is 5.10 Å². The molecule has 2 aromatic heterocycles. The van der Waals surface area contributed by atoms with Gasteiger partial charge in [-0.25, -0.2) is 0 Å². The van der Waals surface area contributed by atoms with E-state index in [2.05, 4.69) is 10.1 Å². The Hall–Kier alpha value is -2.53. The van der Waals surface area contributed by atoms with Crippen molar-refractivity contribution in [2.24, 2.45) is 7.05 Å². The number of hydrogen-bond donors (Lipinski definition) is 1. The number of aliphatic hydroxyl groups is 1. The minimum Gasteiger partial charge on any atom is -0.390 e. The molecule has 0 aliphatic rings. The number of aromatic nitrogens is 3. The van der Waals surface area contributed by atoms with Crippen molar-refractivity contribution in [3.63, 3.8) is 0 Å². The molecule has 0 radical (unpaired) electrons. The maximum absolute atomic E-state index is 12.6. The molecule has 25 heavy (non-hydrogen) atoms. The molecule has 130 valence electrons. The number of fused-ring (bicyclic) bond motifs is 1. The maximum Gasteiger partial charge on any atom is 0.139 e. The Kier molecular flexibility index (Phi) is 4.68. The van der Waals surface area contributed by atoms with Crippen LogP contribution >= 0.6 is 0 Å². The molecule has 5 nitrogen and oxygen atoms in total. The predicted molar refractivity (Wildman–Crippen MR) is 97.3 cm³/mol. The van der Waals surface area contributed by atoms with Crippen LogP contribution in [0.2, 0.25) is 0 Å². The molecule has 0 bridgehead atoms. The van der Waals surface area contributed by atoms with Crippen LogP contribution < -0.4 is 0 Å². The zero-order valence-electron chi connectivity index (χ0n) is 14.8. The average molecular weight is 337 g/mol. The van der Waals surface area contributed by atoms with E-state index in [0.29, 0.717) is 0 Å². The normalized spacial score (nSPS) is 13.1. The van der Waals surface area contributed by atoms with Crippen LogP contribution in [-0.2, 0) is 18.3 Å². The summed E-state index contributed by atoms with van der Waals surface area (Å²) in [5.74, 6) is -0.185. The zero-order valence-corrected chi connectivity index (χ0v) is 14.8. The van der Waals surface area contributed by atoms with E-state index in [1.807, 2.05) is 43.4 Å². The first kappa shape index (κ1) is 17.3. The van der Waals surface area contributed by atoms with Gasteiger partial charge in [-0.3, -0.25) is 14.5 Å². The van der Waals surface area contributed by atoms with Crippen molar-refractivity contribution in [1.29, 1.82) is 0 Å². The lowest BCUT2D eigenvalue weighted by atomic mass is 9.80. The molecule has 5 heteroatoms. The molecule has 1 N–H and O–H groups in total. The molecule has 2 heterocycles. The van der Waals surface area contributed by atoms with Crippen molar-refractivity contribution in [2.75, 3.05) is 0 Å². The fraction of sp³-hybridized carbons (Fsp3) is 0.350. The zero-order chi connectivity index (χ0) is 18.0. The molecule has 0 aliphatic carbocycles. The Balaban J connectivity index is 1.77. The summed E-state index contributed by atoms with van der Waals surface area (Å²) in [4.78, 5) is 17.0. The fourth-order valence-corrected chi connectivity index (χ4v) is 3.15. The molecule has 0 saturated heterocycles. The second-order valence-corrected chi connectivity index (χ2v) is 7.04. The van der Waals surface area contributed by atoms with Crippen LogP contribution in [0.15, 0.2) is 48.8 Å². The number of benzene rings is 1. The van der Waals surface area contributed by atoms with E-state index >= 15 is 0 Å². The van der Waals surface area contributed by atoms with Gasteiger partial charge in [-0.05, 0) is 25.5 Å². The van der Waals surface area contributed by atoms with Crippen molar-refractivity contribution in [3.05, 3.63) is 60.0 Å². The first-order valence-corrected chi connectivity index (χ1v) is 8.40. The standard InChI is InChI=1S/C20H23N3O2/c1-20(2,25)18(14-7-5-4-6-8-14)11-17(24)10-16-9-15-12-22-23(3)19(15)13-21-16/h4-9,12-13,18,25H,10-11H2,1-3H3/t18-/m0/s1. The number of carbonyl (C=O) groups is 1. The van der Waals surface area contributed by atoms with Crippen molar-refractivity contribution in [1.82, 2.24) is 14.8 Å². The Morgan fingerprint density at radius 1 is 1.24 bits per heavy atom. The number of aryl methyl sites for hydroxylation is 1. The number of ketones is 1. The summed E-state index contributed by atoms with van der Waals surface area (Å²) < 4.78 is 1.76. The molecule has 1 atom stereocenters. The monoisotopic (exact) mass is 337 g/mol. The van der Waals surface area contributed by atoms with E-state index in [4.69, 9.17) is 0 Å². The van der Waals surface area contributed by atoms with Gasteiger partial charge in [-0.15, -0.1) is 0 Å². The van der Waals surface area contributed by atoms with E-state index in [1.165, 1.54) is 0 Å². The molecule has 0 amide bonds. The number of pyridine rings is 1. The van der Waals surface area contributed by atoms with Gasteiger partial charge in [0, 0.05) is 36.9 Å². The third-order valence-corrected chi connectivity index (χ3v) is 4.55. The minimum absolute atomic E-state index is 0.0618. The van der Waals surface area contributed by atoms with Crippen LogP contribution in [0.25, 0.3) is 10.9 Å². The summed E-state index contributed by atoms with van der Waals surface area (Å²) in [6.07, 6.45) is 4.05. The predicted octanol–water partition coefficient (Wildman–Crippen LogP) is 3.02. The largest absolute Gasteiger partial charge is 0.390 e. The molecule has 0 saturated carbocycles. The van der Waals surface area contributed by atoms with Gasteiger partial charge < -0.3 is 5.11 Å². The fourth-order valence-electron chi connectivity index (χ4n) is 3.15. The Labute approximate surface area is 147 Å². The van der Waals surface area contributed by atoms with Crippen molar-refractivity contribution < 1.29 is 9.90 Å². The second kappa shape index (κ2) is 6.76. The van der Waals surface area contributed by atoms with Crippen LogP contribution in [0.1, 0.15) is 37.4 Å². The highest BCUT2D eigenvalue weighted by molar-refractivity contribution is 5.83. The summed E-state index contributed by atoms with van der Waals surface area (Å²) in [5, 5.41) is 15.7. The highest BCUT2D eigenvalue weighted by atomic mass is 16.3. The Morgan fingerprint density at radius 2 is 1.96 bits per heavy atom. The summed E-state index contributed by atoms with van der Waals surface area (Å²) in [7, 11) is 1.86. The topological polar surface area (TPSA) is 68.0 Å². The smallest absolute Gasteiger partial charge is 0.139 e. The summed E-state index contributed by atoms with van der Waals surface area (Å²) in [6, 6.07) is 11.6. The van der Waals surface area contributed by atoms with Gasteiger partial charge in [-0.1, -0.05) is 30.3 Å². The summed E-state index contributed by atoms with van der Waals surface area (Å²) in [6.45, 7) is 3.50. The van der Waals surface area contributed by atoms with Crippen LogP contribution in [0.5, 0.6) is 0 Å². The van der Waals surface area contributed by atoms with Crippen LogP contribution in [0.3, 0.4) is 0 Å². The van der Waals surface area contributed by atoms with Gasteiger partial charge >= 0.3 is 0 Å². The molecule has 1 aromatic carbocycles. The molecular formula is C20H23N3O2. The van der Waals surface area contributed by atoms with Gasteiger partial charge in [0.05, 0.1) is 23.5 Å². The van der Waals surface area contributed by atoms with E-state index in [1.54, 1.807) is 30.9 Å². The third-order valence-electron chi connectivity index (χ3n) is 4.55. The Morgan fingerprint density at radius 3 is 2.64 bits per heavy atom. The Bertz CT molecular complexity index is 879. The highest BCUT2D eigenvalue weighted by Gasteiger charge is 2.30. The first-order chi connectivity index (χ1) is 11.8. The molecule has 3 rings (SSSR count). The van der Waals surface area contributed by atoms with Crippen LogP contribution in [-0.4, -0.2) is 31.3 Å². The number of hydrogen-bond acceptors (Lipinski definition) is 4. The number of rotatable bonds is 6. The van der Waals surface area contributed by atoms with Crippen molar-refractivity contribution >= 4 is 16.7 Å². The maximum atomic E-state index is 12.6. The molecule has 0 unspecified atom stereocenters. The van der Waals surface area contributed by atoms with Gasteiger partial charge in [0.2, 0.25) is 0 Å². The number of nitrogens with zero attached hydrogens (tertiary/aromatic N) is 3. The summed E-state index contributed by atoms with van der Waals surface area (Å²) in [5.41, 5.74) is 1.67. The van der Waals surface area contributed by atoms with Gasteiger partial charge in [0.15, 0.2) is 0 Å². The van der Waals surface area contributed by atoms with E-state index in [0.717, 1.165) is 22.2 Å². The molecule has 3 aromatic rings. The lowest BCUT2D eigenvalue weighted by molar-refractivity contribution is -0.120. The lowest BCUT2D eigenvalue weighted by Crippen LogP contribution is -2.31. The lowest BCUT2D eigenvalue weighted by Gasteiger charge is -2.29. The minimum atomic E-state index is -0.974. The quantitative estimate of drug-likeness (QED) is 0.751. The second-order valence-electron chi connectivity index (χ2n) is 7.04. The SMILES string of the molecule is Cn1ncc2cc(CC(=O)C[C@@H](c3ccccc3)C(C)(C)O)ncc21. The molecule has 0 fully saturated rings. The van der Waals surface area contributed by atoms with Gasteiger partial charge in [0.25, 0.3) is 0 Å². The average Bonchev–Trinajstić information content (AvgIpc) is 2.93. The van der Waals surface area contributed by atoms with Crippen LogP contribution in [0.4, 0.5) is 0 Å². The molecule has 0 aliphatic heterocycles. The van der Waals surface area contributed by atoms with Crippen LogP contribution in [0, 0.1) is 0 Å². The van der Waals surface area contributed by atoms with Gasteiger partial charge in [0.1, 0.15) is 5.78 Å². The van der Waals surface area contributed by atoms with E-state index in [9.17, 15) is 9.90 Å². The number of carbonyl (C=O) groups excluding carboxylic acids is 1. The third kappa shape index (κ3) is 3.94. The highest BCUT2D eigenvalue weighted by Crippen LogP contribution is 2.31. The summed E-state index contributed by atoms with van der Waals surface area (Å²) >= 11 is 0. The first-order valence-electron chi connectivity index (χ1n) is 8.40. The molecular weight excluding hydrogens is 314 g/mol. The molecule has 0 spiro atoms. The van der Waals surface area contributed by atoms with Crippen molar-refractivity contribution in [2.45, 2.75) is 38.2 Å². The van der Waals surface area contributed by atoms with E-state index < -0.39 is 5.60 Å².